The number of primary amides is 1. The van der Waals surface area contributed by atoms with Crippen molar-refractivity contribution in [2.24, 2.45) is 5.73 Å². The van der Waals surface area contributed by atoms with Crippen molar-refractivity contribution in [1.29, 1.82) is 0 Å². The number of phenols is 1. The molecule has 0 bridgehead atoms. The van der Waals surface area contributed by atoms with E-state index >= 15 is 0 Å². The normalized spacial score (nSPS) is 13.1. The molecule has 0 saturated heterocycles. The number of carbonyl (C=O) groups is 4. The van der Waals surface area contributed by atoms with Crippen LogP contribution in [0.2, 0.25) is 0 Å². The third-order valence-corrected chi connectivity index (χ3v) is 6.50. The molecular formula is C30H42N4O6. The van der Waals surface area contributed by atoms with Crippen LogP contribution >= 0.6 is 0 Å². The molecule has 0 aliphatic heterocycles. The maximum absolute atomic E-state index is 14.2. The number of aryl methyl sites for hydroxylation is 1. The van der Waals surface area contributed by atoms with E-state index in [9.17, 15) is 24.3 Å². The Balaban J connectivity index is 2.61. The van der Waals surface area contributed by atoms with Gasteiger partial charge in [0.05, 0.1) is 6.42 Å². The zero-order valence-electron chi connectivity index (χ0n) is 24.4. The number of hydrogen-bond donors (Lipinski definition) is 4. The molecule has 2 atom stereocenters. The highest BCUT2D eigenvalue weighted by Crippen LogP contribution is 2.34. The van der Waals surface area contributed by atoms with Gasteiger partial charge in [0.15, 0.2) is 0 Å². The molecule has 10 nitrogen and oxygen atoms in total. The molecule has 2 unspecified atom stereocenters. The first-order valence-corrected chi connectivity index (χ1v) is 13.3. The predicted molar refractivity (Wildman–Crippen MR) is 152 cm³/mol. The van der Waals surface area contributed by atoms with Crippen LogP contribution in [0.15, 0.2) is 48.5 Å². The Morgan fingerprint density at radius 3 is 2.17 bits per heavy atom. The van der Waals surface area contributed by atoms with E-state index in [4.69, 9.17) is 10.5 Å². The summed E-state index contributed by atoms with van der Waals surface area (Å²) in [5.74, 6) is -1.92. The van der Waals surface area contributed by atoms with Crippen molar-refractivity contribution in [3.63, 3.8) is 0 Å². The Kier molecular flexibility index (Phi) is 10.7. The summed E-state index contributed by atoms with van der Waals surface area (Å²) < 4.78 is 5.32. The molecule has 0 saturated carbocycles. The number of phenolic OH excluding ortho intramolecular Hbond substituents is 1. The highest BCUT2D eigenvalue weighted by atomic mass is 16.6. The number of amides is 4. The van der Waals surface area contributed by atoms with Gasteiger partial charge in [-0.05, 0) is 76.8 Å². The highest BCUT2D eigenvalue weighted by molar-refractivity contribution is 5.95. The number of nitrogens with one attached hydrogen (secondary N) is 2. The van der Waals surface area contributed by atoms with Crippen LogP contribution in [-0.4, -0.2) is 51.0 Å². The van der Waals surface area contributed by atoms with E-state index in [1.807, 2.05) is 37.3 Å². The van der Waals surface area contributed by atoms with Gasteiger partial charge in [-0.1, -0.05) is 43.3 Å². The minimum Gasteiger partial charge on any atom is -0.508 e. The number of nitrogens with zero attached hydrogens (tertiary/aromatic N) is 1. The number of nitrogens with two attached hydrogens (primary N) is 1. The molecule has 0 aliphatic carbocycles. The average molecular weight is 555 g/mol. The SMILES string of the molecule is CCC(C)(C)N(C(=O)C(CC(N)=O)NC(=O)OC(C)(C)C)C(C(=O)NCc1ccccc1)c1ccc(O)c(C)c1. The molecule has 0 spiro atoms. The lowest BCUT2D eigenvalue weighted by Crippen LogP contribution is -2.59. The van der Waals surface area contributed by atoms with Crippen molar-refractivity contribution in [3.05, 3.63) is 65.2 Å². The summed E-state index contributed by atoms with van der Waals surface area (Å²) >= 11 is 0. The maximum atomic E-state index is 14.2. The molecule has 0 fully saturated rings. The quantitative estimate of drug-likeness (QED) is 0.331. The first-order valence-electron chi connectivity index (χ1n) is 13.3. The fourth-order valence-corrected chi connectivity index (χ4v) is 4.11. The maximum Gasteiger partial charge on any atom is 0.408 e. The van der Waals surface area contributed by atoms with Gasteiger partial charge in [-0.25, -0.2) is 4.79 Å². The van der Waals surface area contributed by atoms with E-state index in [1.165, 1.54) is 11.0 Å². The van der Waals surface area contributed by atoms with E-state index < -0.39 is 53.5 Å². The van der Waals surface area contributed by atoms with Crippen molar-refractivity contribution >= 4 is 23.8 Å². The van der Waals surface area contributed by atoms with Crippen molar-refractivity contribution in [2.45, 2.75) is 91.1 Å². The molecule has 2 aromatic carbocycles. The van der Waals surface area contributed by atoms with Crippen LogP contribution in [0.1, 0.15) is 77.1 Å². The highest BCUT2D eigenvalue weighted by Gasteiger charge is 2.43. The molecule has 2 aromatic rings. The van der Waals surface area contributed by atoms with Crippen molar-refractivity contribution in [1.82, 2.24) is 15.5 Å². The molecule has 40 heavy (non-hydrogen) atoms. The molecule has 4 amide bonds. The Morgan fingerprint density at radius 1 is 1.02 bits per heavy atom. The number of aromatic hydroxyl groups is 1. The standard InChI is InChI=1S/C30H42N4O6/c1-8-30(6,7)34(27(38)22(17-24(31)36)33-28(39)40-29(3,4)5)25(21-14-15-23(35)19(2)16-21)26(37)32-18-20-12-10-9-11-13-20/h9-16,22,25,35H,8,17-18H2,1-7H3,(H2,31,36)(H,32,37)(H,33,39). The van der Waals surface area contributed by atoms with E-state index in [0.29, 0.717) is 17.5 Å². The monoisotopic (exact) mass is 554 g/mol. The van der Waals surface area contributed by atoms with Crippen LogP contribution in [0, 0.1) is 6.92 Å². The minimum atomic E-state index is -1.39. The number of hydrogen-bond acceptors (Lipinski definition) is 6. The number of rotatable bonds is 11. The smallest absolute Gasteiger partial charge is 0.408 e. The summed E-state index contributed by atoms with van der Waals surface area (Å²) in [6.45, 7) is 12.4. The average Bonchev–Trinajstić information content (AvgIpc) is 2.86. The summed E-state index contributed by atoms with van der Waals surface area (Å²) in [4.78, 5) is 54.2. The number of ether oxygens (including phenoxy) is 1. The minimum absolute atomic E-state index is 0.0398. The second-order valence-corrected chi connectivity index (χ2v) is 11.4. The molecule has 0 aliphatic rings. The van der Waals surface area contributed by atoms with Gasteiger partial charge in [0.25, 0.3) is 0 Å². The fraction of sp³-hybridized carbons (Fsp3) is 0.467. The zero-order valence-corrected chi connectivity index (χ0v) is 24.4. The largest absolute Gasteiger partial charge is 0.508 e. The van der Waals surface area contributed by atoms with E-state index in [-0.39, 0.29) is 12.3 Å². The zero-order chi connectivity index (χ0) is 30.3. The van der Waals surface area contributed by atoms with Crippen LogP contribution in [0.25, 0.3) is 0 Å². The molecule has 10 heteroatoms. The second kappa shape index (κ2) is 13.3. The van der Waals surface area contributed by atoms with Gasteiger partial charge in [0, 0.05) is 12.1 Å². The van der Waals surface area contributed by atoms with Gasteiger partial charge < -0.3 is 31.1 Å². The first-order chi connectivity index (χ1) is 18.6. The van der Waals surface area contributed by atoms with Crippen molar-refractivity contribution < 1.29 is 29.0 Å². The van der Waals surface area contributed by atoms with E-state index in [1.54, 1.807) is 53.7 Å². The summed E-state index contributed by atoms with van der Waals surface area (Å²) in [6.07, 6.45) is -0.957. The van der Waals surface area contributed by atoms with Crippen LogP contribution in [-0.2, 0) is 25.7 Å². The Labute approximate surface area is 236 Å². The van der Waals surface area contributed by atoms with Gasteiger partial charge in [-0.2, -0.15) is 0 Å². The van der Waals surface area contributed by atoms with Crippen LogP contribution in [0.3, 0.4) is 0 Å². The summed E-state index contributed by atoms with van der Waals surface area (Å²) in [6, 6.07) is 11.4. The lowest BCUT2D eigenvalue weighted by Gasteiger charge is -2.44. The second-order valence-electron chi connectivity index (χ2n) is 11.4. The van der Waals surface area contributed by atoms with Crippen LogP contribution in [0.5, 0.6) is 5.75 Å². The van der Waals surface area contributed by atoms with Crippen molar-refractivity contribution in [3.8, 4) is 5.75 Å². The third kappa shape index (κ3) is 9.00. The van der Waals surface area contributed by atoms with Crippen molar-refractivity contribution in [2.75, 3.05) is 0 Å². The summed E-state index contributed by atoms with van der Waals surface area (Å²) in [5.41, 5.74) is 5.53. The molecule has 0 radical (unpaired) electrons. The molecular weight excluding hydrogens is 512 g/mol. The summed E-state index contributed by atoms with van der Waals surface area (Å²) in [5, 5.41) is 15.6. The van der Waals surface area contributed by atoms with E-state index in [2.05, 4.69) is 10.6 Å². The predicted octanol–water partition coefficient (Wildman–Crippen LogP) is 3.84. The van der Waals surface area contributed by atoms with Crippen LogP contribution < -0.4 is 16.4 Å². The topological polar surface area (TPSA) is 151 Å². The first kappa shape index (κ1) is 32.1. The number of benzene rings is 2. The Bertz CT molecular complexity index is 1210. The van der Waals surface area contributed by atoms with Gasteiger partial charge >= 0.3 is 6.09 Å². The molecule has 2 rings (SSSR count). The lowest BCUT2D eigenvalue weighted by molar-refractivity contribution is -0.150. The number of alkyl carbamates (subject to hydrolysis) is 1. The molecule has 218 valence electrons. The van der Waals surface area contributed by atoms with Gasteiger partial charge in [-0.15, -0.1) is 0 Å². The van der Waals surface area contributed by atoms with Gasteiger partial charge in [0.1, 0.15) is 23.4 Å². The Morgan fingerprint density at radius 2 is 1.65 bits per heavy atom. The third-order valence-electron chi connectivity index (χ3n) is 6.50. The Hall–Kier alpha value is -4.08. The number of carbonyl (C=O) groups excluding carboxylic acids is 4. The fourth-order valence-electron chi connectivity index (χ4n) is 4.11. The molecule has 0 heterocycles. The summed E-state index contributed by atoms with van der Waals surface area (Å²) in [7, 11) is 0. The van der Waals surface area contributed by atoms with E-state index in [0.717, 1.165) is 5.56 Å². The van der Waals surface area contributed by atoms with Crippen LogP contribution in [0.4, 0.5) is 4.79 Å². The molecule has 0 aromatic heterocycles. The van der Waals surface area contributed by atoms with Gasteiger partial charge in [0.2, 0.25) is 17.7 Å². The van der Waals surface area contributed by atoms with Gasteiger partial charge in [-0.3, -0.25) is 14.4 Å². The lowest BCUT2D eigenvalue weighted by atomic mass is 9.91. The molecule has 5 N–H and O–H groups in total.